The molecule has 0 spiro atoms. The van der Waals surface area contributed by atoms with Crippen LogP contribution >= 0.6 is 11.6 Å². The first-order chi connectivity index (χ1) is 9.24. The summed E-state index contributed by atoms with van der Waals surface area (Å²) in [5.74, 6) is -0.617. The maximum Gasteiger partial charge on any atom is 0.243 e. The van der Waals surface area contributed by atoms with Crippen LogP contribution in [0.15, 0.2) is 17.0 Å². The highest BCUT2D eigenvalue weighted by molar-refractivity contribution is 7.89. The van der Waals surface area contributed by atoms with Crippen LogP contribution in [0.3, 0.4) is 0 Å². The van der Waals surface area contributed by atoms with Crippen LogP contribution < -0.4 is 16.2 Å². The third-order valence-electron chi connectivity index (χ3n) is 2.35. The van der Waals surface area contributed by atoms with Crippen LogP contribution in [0.2, 0.25) is 5.02 Å². The topological polar surface area (TPSA) is 125 Å². The first kappa shape index (κ1) is 16.7. The number of rotatable bonds is 7. The molecule has 1 rings (SSSR count). The molecule has 1 aromatic rings. The standard InChI is InChI=1S/C11H16ClN3O4S/c1-7-4-8(5-9(13)11(7)12)20(17,18)15-2-3-19-6-10(14)16/h4-5,15H,2-3,6,13H2,1H3,(H2,14,16). The number of ether oxygens (including phenoxy) is 1. The van der Waals surface area contributed by atoms with E-state index >= 15 is 0 Å². The number of carbonyl (C=O) groups excluding carboxylic acids is 1. The normalized spacial score (nSPS) is 11.5. The molecule has 0 unspecified atom stereocenters. The molecule has 0 radical (unpaired) electrons. The molecule has 7 nitrogen and oxygen atoms in total. The fourth-order valence-electron chi connectivity index (χ4n) is 1.42. The minimum atomic E-state index is -3.71. The van der Waals surface area contributed by atoms with Gasteiger partial charge in [-0.2, -0.15) is 0 Å². The summed E-state index contributed by atoms with van der Waals surface area (Å²) in [4.78, 5) is 10.4. The molecule has 0 aliphatic carbocycles. The number of nitrogens with one attached hydrogen (secondary N) is 1. The van der Waals surface area contributed by atoms with Gasteiger partial charge in [-0.15, -0.1) is 0 Å². The SMILES string of the molecule is Cc1cc(S(=O)(=O)NCCOCC(N)=O)cc(N)c1Cl. The Bertz CT molecular complexity index is 581. The summed E-state index contributed by atoms with van der Waals surface area (Å²) in [6.07, 6.45) is 0. The van der Waals surface area contributed by atoms with Crippen molar-refractivity contribution in [2.24, 2.45) is 5.73 Å². The van der Waals surface area contributed by atoms with Gasteiger partial charge < -0.3 is 16.2 Å². The average Bonchev–Trinajstić information content (AvgIpc) is 2.34. The van der Waals surface area contributed by atoms with Crippen molar-refractivity contribution in [3.8, 4) is 0 Å². The van der Waals surface area contributed by atoms with Crippen LogP contribution in [0, 0.1) is 6.92 Å². The average molecular weight is 322 g/mol. The Balaban J connectivity index is 2.67. The molecule has 0 heterocycles. The van der Waals surface area contributed by atoms with Gasteiger partial charge in [-0.3, -0.25) is 4.79 Å². The van der Waals surface area contributed by atoms with E-state index in [4.69, 9.17) is 27.8 Å². The number of amides is 1. The van der Waals surface area contributed by atoms with Gasteiger partial charge in [0.1, 0.15) is 6.61 Å². The highest BCUT2D eigenvalue weighted by Crippen LogP contribution is 2.26. The van der Waals surface area contributed by atoms with Crippen molar-refractivity contribution in [1.82, 2.24) is 4.72 Å². The molecule has 0 aromatic heterocycles. The van der Waals surface area contributed by atoms with Gasteiger partial charge in [-0.25, -0.2) is 13.1 Å². The predicted octanol–water partition coefficient (Wildman–Crippen LogP) is 0.0108. The molecule has 5 N–H and O–H groups in total. The summed E-state index contributed by atoms with van der Waals surface area (Å²) in [6.45, 7) is 1.45. The lowest BCUT2D eigenvalue weighted by molar-refractivity contribution is -0.122. The maximum atomic E-state index is 12.0. The smallest absolute Gasteiger partial charge is 0.243 e. The Labute approximate surface area is 122 Å². The summed E-state index contributed by atoms with van der Waals surface area (Å²) < 4.78 is 31.1. The van der Waals surface area contributed by atoms with Crippen molar-refractivity contribution < 1.29 is 17.9 Å². The minimum Gasteiger partial charge on any atom is -0.397 e. The van der Waals surface area contributed by atoms with Gasteiger partial charge in [-0.1, -0.05) is 11.6 Å². The lowest BCUT2D eigenvalue weighted by Gasteiger charge is -2.10. The van der Waals surface area contributed by atoms with E-state index in [2.05, 4.69) is 4.72 Å². The number of halogens is 1. The van der Waals surface area contributed by atoms with Crippen molar-refractivity contribution in [2.45, 2.75) is 11.8 Å². The van der Waals surface area contributed by atoms with Crippen LogP contribution in [0.4, 0.5) is 5.69 Å². The van der Waals surface area contributed by atoms with Gasteiger partial charge in [0.2, 0.25) is 15.9 Å². The Morgan fingerprint density at radius 3 is 2.65 bits per heavy atom. The number of benzene rings is 1. The van der Waals surface area contributed by atoms with Gasteiger partial charge in [0.25, 0.3) is 0 Å². The maximum absolute atomic E-state index is 12.0. The minimum absolute atomic E-state index is 0.0111. The molecule has 0 saturated carbocycles. The van der Waals surface area contributed by atoms with E-state index < -0.39 is 15.9 Å². The summed E-state index contributed by atoms with van der Waals surface area (Å²) in [7, 11) is -3.71. The van der Waals surface area contributed by atoms with Crippen molar-refractivity contribution in [3.05, 3.63) is 22.7 Å². The molecule has 0 saturated heterocycles. The van der Waals surface area contributed by atoms with Crippen LogP contribution in [0.25, 0.3) is 0 Å². The monoisotopic (exact) mass is 321 g/mol. The molecule has 9 heteroatoms. The third kappa shape index (κ3) is 4.64. The fourth-order valence-corrected chi connectivity index (χ4v) is 2.66. The number of nitrogen functional groups attached to an aromatic ring is 1. The predicted molar refractivity (Wildman–Crippen MR) is 75.8 cm³/mol. The number of nitrogens with two attached hydrogens (primary N) is 2. The number of carbonyl (C=O) groups is 1. The number of anilines is 1. The van der Waals surface area contributed by atoms with E-state index in [0.29, 0.717) is 10.6 Å². The van der Waals surface area contributed by atoms with Crippen molar-refractivity contribution >= 4 is 33.2 Å². The highest BCUT2D eigenvalue weighted by Gasteiger charge is 2.16. The largest absolute Gasteiger partial charge is 0.397 e. The Morgan fingerprint density at radius 2 is 2.10 bits per heavy atom. The molecule has 0 fully saturated rings. The quantitative estimate of drug-likeness (QED) is 0.482. The summed E-state index contributed by atoms with van der Waals surface area (Å²) in [5.41, 5.74) is 11.3. The van der Waals surface area contributed by atoms with Crippen LogP contribution in [-0.2, 0) is 19.6 Å². The number of hydrogen-bond donors (Lipinski definition) is 3. The van der Waals surface area contributed by atoms with Crippen LogP contribution in [-0.4, -0.2) is 34.1 Å². The number of sulfonamides is 1. The second-order valence-electron chi connectivity index (χ2n) is 4.06. The molecule has 112 valence electrons. The summed E-state index contributed by atoms with van der Waals surface area (Å²) >= 11 is 5.87. The first-order valence-electron chi connectivity index (χ1n) is 5.65. The van der Waals surface area contributed by atoms with E-state index in [0.717, 1.165) is 0 Å². The highest BCUT2D eigenvalue weighted by atomic mass is 35.5. The van der Waals surface area contributed by atoms with Crippen molar-refractivity contribution in [3.63, 3.8) is 0 Å². The van der Waals surface area contributed by atoms with Gasteiger partial charge in [-0.05, 0) is 24.6 Å². The van der Waals surface area contributed by atoms with E-state index in [1.165, 1.54) is 12.1 Å². The summed E-state index contributed by atoms with van der Waals surface area (Å²) in [5, 5.41) is 0.328. The summed E-state index contributed by atoms with van der Waals surface area (Å²) in [6, 6.07) is 2.70. The molecule has 0 aliphatic heterocycles. The van der Waals surface area contributed by atoms with Crippen LogP contribution in [0.1, 0.15) is 5.56 Å². The van der Waals surface area contributed by atoms with Crippen molar-refractivity contribution in [1.29, 1.82) is 0 Å². The molecule has 1 amide bonds. The van der Waals surface area contributed by atoms with E-state index in [9.17, 15) is 13.2 Å². The van der Waals surface area contributed by atoms with E-state index in [1.54, 1.807) is 6.92 Å². The van der Waals surface area contributed by atoms with E-state index in [-0.39, 0.29) is 30.3 Å². The van der Waals surface area contributed by atoms with Gasteiger partial charge >= 0.3 is 0 Å². The third-order valence-corrected chi connectivity index (χ3v) is 4.31. The van der Waals surface area contributed by atoms with E-state index in [1.807, 2.05) is 0 Å². The van der Waals surface area contributed by atoms with Crippen molar-refractivity contribution in [2.75, 3.05) is 25.5 Å². The second kappa shape index (κ2) is 6.89. The fraction of sp³-hybridized carbons (Fsp3) is 0.364. The number of primary amides is 1. The lowest BCUT2D eigenvalue weighted by Crippen LogP contribution is -2.29. The molecular formula is C11H16ClN3O4S. The molecule has 20 heavy (non-hydrogen) atoms. The zero-order chi connectivity index (χ0) is 15.3. The Kier molecular flexibility index (Phi) is 5.75. The zero-order valence-corrected chi connectivity index (χ0v) is 12.4. The van der Waals surface area contributed by atoms with Gasteiger partial charge in [0.05, 0.1) is 22.2 Å². The van der Waals surface area contributed by atoms with Gasteiger partial charge in [0.15, 0.2) is 0 Å². The second-order valence-corrected chi connectivity index (χ2v) is 6.20. The molecule has 0 atom stereocenters. The molecule has 0 aliphatic rings. The van der Waals surface area contributed by atoms with Gasteiger partial charge in [0, 0.05) is 6.54 Å². The molecular weight excluding hydrogens is 306 g/mol. The molecule has 1 aromatic carbocycles. The Morgan fingerprint density at radius 1 is 1.45 bits per heavy atom. The first-order valence-corrected chi connectivity index (χ1v) is 7.51. The Hall–Kier alpha value is -1.35. The number of hydrogen-bond acceptors (Lipinski definition) is 5. The lowest BCUT2D eigenvalue weighted by atomic mass is 10.2. The van der Waals surface area contributed by atoms with Crippen LogP contribution in [0.5, 0.6) is 0 Å². The zero-order valence-electron chi connectivity index (χ0n) is 10.8. The molecule has 0 bridgehead atoms. The number of aryl methyl sites for hydroxylation is 1.